The third-order valence-corrected chi connectivity index (χ3v) is 6.40. The number of aromatic nitrogens is 2. The summed E-state index contributed by atoms with van der Waals surface area (Å²) >= 11 is 1.08. The molecule has 1 N–H and O–H groups in total. The van der Waals surface area contributed by atoms with Crippen LogP contribution in [-0.4, -0.2) is 71.8 Å². The van der Waals surface area contributed by atoms with E-state index >= 15 is 0 Å². The van der Waals surface area contributed by atoms with Crippen LogP contribution in [0.4, 0.5) is 5.82 Å². The molecule has 4 rings (SSSR count). The minimum absolute atomic E-state index is 0.0617. The zero-order chi connectivity index (χ0) is 27.7. The van der Waals surface area contributed by atoms with Crippen molar-refractivity contribution in [3.8, 4) is 5.88 Å². The lowest BCUT2D eigenvalue weighted by molar-refractivity contribution is 0.0151. The van der Waals surface area contributed by atoms with Crippen molar-refractivity contribution in [3.63, 3.8) is 0 Å². The number of hydrogen-bond donors (Lipinski definition) is 1. The van der Waals surface area contributed by atoms with Crippen LogP contribution < -0.4 is 15.0 Å². The first kappa shape index (κ1) is 28.5. The van der Waals surface area contributed by atoms with Crippen LogP contribution in [0.1, 0.15) is 47.1 Å². The number of carbonyl (C=O) groups excluding carboxylic acids is 2. The molecule has 2 aromatic carbocycles. The van der Waals surface area contributed by atoms with Crippen molar-refractivity contribution in [2.45, 2.75) is 39.0 Å². The van der Waals surface area contributed by atoms with E-state index in [9.17, 15) is 9.59 Å². The van der Waals surface area contributed by atoms with Gasteiger partial charge in [-0.3, -0.25) is 0 Å². The lowest BCUT2D eigenvalue weighted by Crippen LogP contribution is -2.44. The SMILES string of the molecule is CC(C)(C)NCC(COc1nsnc1N1CCOCC1)OC(=O)c1ccccc1COC(=O)c1ccccc1. The van der Waals surface area contributed by atoms with Gasteiger partial charge in [-0.2, -0.15) is 4.37 Å². The Morgan fingerprint density at radius 1 is 1.03 bits per heavy atom. The summed E-state index contributed by atoms with van der Waals surface area (Å²) in [5.41, 5.74) is 1.11. The van der Waals surface area contributed by atoms with Crippen LogP contribution >= 0.6 is 11.7 Å². The zero-order valence-corrected chi connectivity index (χ0v) is 23.2. The molecule has 0 radical (unpaired) electrons. The molecule has 0 saturated carbocycles. The first-order chi connectivity index (χ1) is 18.8. The molecule has 0 aliphatic carbocycles. The predicted molar refractivity (Wildman–Crippen MR) is 147 cm³/mol. The monoisotopic (exact) mass is 554 g/mol. The van der Waals surface area contributed by atoms with Crippen LogP contribution in [0, 0.1) is 0 Å². The topological polar surface area (TPSA) is 112 Å². The minimum Gasteiger partial charge on any atom is -0.470 e. The van der Waals surface area contributed by atoms with Crippen molar-refractivity contribution in [2.24, 2.45) is 0 Å². The maximum Gasteiger partial charge on any atom is 0.338 e. The van der Waals surface area contributed by atoms with Gasteiger partial charge in [0.25, 0.3) is 5.88 Å². The number of rotatable bonds is 11. The van der Waals surface area contributed by atoms with E-state index in [2.05, 4.69) is 19.0 Å². The number of nitrogens with zero attached hydrogens (tertiary/aromatic N) is 3. The van der Waals surface area contributed by atoms with Crippen molar-refractivity contribution in [1.29, 1.82) is 0 Å². The molecule has 39 heavy (non-hydrogen) atoms. The number of ether oxygens (including phenoxy) is 4. The molecule has 3 aromatic rings. The van der Waals surface area contributed by atoms with E-state index in [0.717, 1.165) is 11.7 Å². The summed E-state index contributed by atoms with van der Waals surface area (Å²) in [6.45, 7) is 9.13. The maximum absolute atomic E-state index is 13.3. The van der Waals surface area contributed by atoms with Gasteiger partial charge in [0.1, 0.15) is 19.3 Å². The highest BCUT2D eigenvalue weighted by atomic mass is 32.1. The number of esters is 2. The summed E-state index contributed by atoms with van der Waals surface area (Å²) in [7, 11) is 0. The minimum atomic E-state index is -0.615. The van der Waals surface area contributed by atoms with E-state index in [-0.39, 0.29) is 18.8 Å². The Morgan fingerprint density at radius 3 is 2.49 bits per heavy atom. The van der Waals surface area contributed by atoms with Crippen LogP contribution in [0.3, 0.4) is 0 Å². The Labute approximate surface area is 232 Å². The Hall–Kier alpha value is -3.54. The Balaban J connectivity index is 1.42. The third-order valence-electron chi connectivity index (χ3n) is 5.90. The van der Waals surface area contributed by atoms with Gasteiger partial charge in [0.15, 0.2) is 0 Å². The van der Waals surface area contributed by atoms with Gasteiger partial charge in [0.05, 0.1) is 36.1 Å². The quantitative estimate of drug-likeness (QED) is 0.352. The molecule has 11 heteroatoms. The first-order valence-electron chi connectivity index (χ1n) is 12.8. The van der Waals surface area contributed by atoms with Gasteiger partial charge in [-0.1, -0.05) is 36.4 Å². The molecule has 0 bridgehead atoms. The molecule has 10 nitrogen and oxygen atoms in total. The molecule has 208 valence electrons. The highest BCUT2D eigenvalue weighted by molar-refractivity contribution is 6.99. The second-order valence-electron chi connectivity index (χ2n) is 10.1. The number of benzene rings is 2. The fourth-order valence-electron chi connectivity index (χ4n) is 3.82. The second-order valence-corrected chi connectivity index (χ2v) is 10.6. The Kier molecular flexibility index (Phi) is 9.85. The van der Waals surface area contributed by atoms with Crippen molar-refractivity contribution >= 4 is 29.5 Å². The lowest BCUT2D eigenvalue weighted by atomic mass is 10.1. The number of carbonyl (C=O) groups is 2. The van der Waals surface area contributed by atoms with Crippen LogP contribution in [0.15, 0.2) is 54.6 Å². The molecule has 1 saturated heterocycles. The van der Waals surface area contributed by atoms with Crippen molar-refractivity contribution in [3.05, 3.63) is 71.3 Å². The van der Waals surface area contributed by atoms with Gasteiger partial charge in [0, 0.05) is 30.7 Å². The molecule has 1 atom stereocenters. The lowest BCUT2D eigenvalue weighted by Gasteiger charge is -2.27. The van der Waals surface area contributed by atoms with Gasteiger partial charge >= 0.3 is 11.9 Å². The molecule has 0 spiro atoms. The Bertz CT molecular complexity index is 1220. The molecular weight excluding hydrogens is 520 g/mol. The van der Waals surface area contributed by atoms with Crippen LogP contribution in [0.25, 0.3) is 0 Å². The molecule has 1 aliphatic rings. The molecule has 0 amide bonds. The molecule has 1 unspecified atom stereocenters. The highest BCUT2D eigenvalue weighted by Gasteiger charge is 2.25. The van der Waals surface area contributed by atoms with E-state index in [4.69, 9.17) is 18.9 Å². The number of anilines is 1. The van der Waals surface area contributed by atoms with Crippen LogP contribution in [0.2, 0.25) is 0 Å². The largest absolute Gasteiger partial charge is 0.470 e. The number of nitrogens with one attached hydrogen (secondary N) is 1. The number of morpholine rings is 1. The van der Waals surface area contributed by atoms with E-state index in [1.54, 1.807) is 48.5 Å². The normalized spacial score (nSPS) is 14.5. The van der Waals surface area contributed by atoms with E-state index in [0.29, 0.717) is 61.2 Å². The van der Waals surface area contributed by atoms with Crippen molar-refractivity contribution < 1.29 is 28.5 Å². The predicted octanol–water partition coefficient (Wildman–Crippen LogP) is 3.72. The Morgan fingerprint density at radius 2 is 1.74 bits per heavy atom. The standard InChI is InChI=1S/C28H34N4O6S/c1-28(2,3)29-17-22(19-36-25-24(30-39-31-25)32-13-15-35-16-14-32)38-27(34)23-12-8-7-11-21(23)18-37-26(33)20-9-5-4-6-10-20/h4-12,22,29H,13-19H2,1-3H3. The summed E-state index contributed by atoms with van der Waals surface area (Å²) < 4.78 is 31.5. The molecule has 1 aliphatic heterocycles. The maximum atomic E-state index is 13.3. The van der Waals surface area contributed by atoms with Crippen molar-refractivity contribution in [2.75, 3.05) is 44.4 Å². The summed E-state index contributed by atoms with van der Waals surface area (Å²) in [6.07, 6.45) is -0.615. The summed E-state index contributed by atoms with van der Waals surface area (Å²) in [5.74, 6) is 0.0810. The smallest absolute Gasteiger partial charge is 0.338 e. The fraction of sp³-hybridized carbons (Fsp3) is 0.429. The van der Waals surface area contributed by atoms with Crippen LogP contribution in [0.5, 0.6) is 5.88 Å². The van der Waals surface area contributed by atoms with Gasteiger partial charge in [-0.15, -0.1) is 4.37 Å². The molecular formula is C28H34N4O6S. The van der Waals surface area contributed by atoms with E-state index in [1.807, 2.05) is 26.8 Å². The van der Waals surface area contributed by atoms with E-state index in [1.165, 1.54) is 0 Å². The summed E-state index contributed by atoms with van der Waals surface area (Å²) in [5, 5.41) is 3.37. The fourth-order valence-corrected chi connectivity index (χ4v) is 4.34. The molecule has 2 heterocycles. The van der Waals surface area contributed by atoms with Gasteiger partial charge in [0.2, 0.25) is 5.82 Å². The second kappa shape index (κ2) is 13.5. The first-order valence-corrected chi connectivity index (χ1v) is 13.6. The molecule has 1 aromatic heterocycles. The highest BCUT2D eigenvalue weighted by Crippen LogP contribution is 2.26. The van der Waals surface area contributed by atoms with Gasteiger partial charge < -0.3 is 29.2 Å². The van der Waals surface area contributed by atoms with Gasteiger partial charge in [-0.05, 0) is 39.0 Å². The number of hydrogen-bond acceptors (Lipinski definition) is 11. The van der Waals surface area contributed by atoms with Crippen LogP contribution in [-0.2, 0) is 20.8 Å². The van der Waals surface area contributed by atoms with E-state index < -0.39 is 18.0 Å². The third kappa shape index (κ3) is 8.47. The average Bonchev–Trinajstić information content (AvgIpc) is 3.42. The summed E-state index contributed by atoms with van der Waals surface area (Å²) in [4.78, 5) is 27.8. The van der Waals surface area contributed by atoms with Gasteiger partial charge in [-0.25, -0.2) is 9.59 Å². The average molecular weight is 555 g/mol. The molecule has 1 fully saturated rings. The summed E-state index contributed by atoms with van der Waals surface area (Å²) in [6, 6.07) is 15.6. The van der Waals surface area contributed by atoms with Crippen molar-refractivity contribution in [1.82, 2.24) is 14.1 Å². The zero-order valence-electron chi connectivity index (χ0n) is 22.4.